The lowest BCUT2D eigenvalue weighted by Crippen LogP contribution is -2.24. The van der Waals surface area contributed by atoms with Crippen molar-refractivity contribution in [3.05, 3.63) is 52.5 Å². The van der Waals surface area contributed by atoms with Gasteiger partial charge >= 0.3 is 0 Å². The van der Waals surface area contributed by atoms with Gasteiger partial charge in [0, 0.05) is 10.6 Å². The summed E-state index contributed by atoms with van der Waals surface area (Å²) in [6.07, 6.45) is 0.760. The van der Waals surface area contributed by atoms with E-state index < -0.39 is 0 Å². The summed E-state index contributed by atoms with van der Waals surface area (Å²) in [6.45, 7) is 2.06. The molecule has 2 aromatic rings. The Morgan fingerprint density at radius 1 is 1.32 bits per heavy atom. The minimum Gasteiger partial charge on any atom is -0.495 e. The molecule has 1 atom stereocenters. The lowest BCUT2D eigenvalue weighted by molar-refractivity contribution is -0.115. The number of benzene rings is 2. The zero-order valence-corrected chi connectivity index (χ0v) is 13.9. The van der Waals surface area contributed by atoms with Crippen molar-refractivity contribution in [2.24, 2.45) is 0 Å². The monoisotopic (exact) mass is 333 g/mol. The summed E-state index contributed by atoms with van der Waals surface area (Å²) in [5.74, 6) is 0.595. The van der Waals surface area contributed by atoms with Crippen LogP contribution < -0.4 is 10.1 Å². The van der Waals surface area contributed by atoms with E-state index in [4.69, 9.17) is 16.3 Å². The van der Waals surface area contributed by atoms with E-state index in [-0.39, 0.29) is 11.2 Å². The molecular formula is C17H16ClNO2S. The highest BCUT2D eigenvalue weighted by Gasteiger charge is 2.28. The van der Waals surface area contributed by atoms with Crippen LogP contribution in [0.25, 0.3) is 0 Å². The van der Waals surface area contributed by atoms with Gasteiger partial charge in [-0.1, -0.05) is 29.3 Å². The van der Waals surface area contributed by atoms with Crippen molar-refractivity contribution in [3.63, 3.8) is 0 Å². The van der Waals surface area contributed by atoms with E-state index in [9.17, 15) is 4.79 Å². The summed E-state index contributed by atoms with van der Waals surface area (Å²) in [6, 6.07) is 11.6. The van der Waals surface area contributed by atoms with E-state index in [2.05, 4.69) is 30.4 Å². The third-order valence-corrected chi connectivity index (χ3v) is 5.20. The van der Waals surface area contributed by atoms with Crippen molar-refractivity contribution in [1.82, 2.24) is 0 Å². The van der Waals surface area contributed by atoms with E-state index in [1.54, 1.807) is 37.1 Å². The van der Waals surface area contributed by atoms with Crippen LogP contribution in [-0.2, 0) is 11.2 Å². The molecule has 0 saturated carbocycles. The normalized spacial score (nSPS) is 16.2. The Bertz CT molecular complexity index is 733. The topological polar surface area (TPSA) is 38.3 Å². The molecule has 0 fully saturated rings. The highest BCUT2D eigenvalue weighted by atomic mass is 35.5. The van der Waals surface area contributed by atoms with Crippen LogP contribution in [0.4, 0.5) is 5.69 Å². The number of thioether (sulfide) groups is 1. The van der Waals surface area contributed by atoms with E-state index >= 15 is 0 Å². The predicted molar refractivity (Wildman–Crippen MR) is 91.2 cm³/mol. The van der Waals surface area contributed by atoms with Crippen LogP contribution in [0.2, 0.25) is 5.02 Å². The highest BCUT2D eigenvalue weighted by Crippen LogP contribution is 2.38. The Kier molecular flexibility index (Phi) is 4.32. The fourth-order valence-electron chi connectivity index (χ4n) is 2.45. The molecule has 0 spiro atoms. The number of amides is 1. The van der Waals surface area contributed by atoms with Crippen LogP contribution in [0.5, 0.6) is 5.75 Å². The molecular weight excluding hydrogens is 318 g/mol. The van der Waals surface area contributed by atoms with Crippen LogP contribution in [0.3, 0.4) is 0 Å². The Morgan fingerprint density at radius 2 is 2.14 bits per heavy atom. The van der Waals surface area contributed by atoms with Crippen LogP contribution in [0, 0.1) is 6.92 Å². The second-order valence-electron chi connectivity index (χ2n) is 5.26. The lowest BCUT2D eigenvalue weighted by Gasteiger charge is -2.11. The zero-order chi connectivity index (χ0) is 15.7. The molecule has 3 rings (SSSR count). The van der Waals surface area contributed by atoms with Crippen molar-refractivity contribution in [2.75, 3.05) is 12.4 Å². The Hall–Kier alpha value is -1.65. The van der Waals surface area contributed by atoms with Crippen LogP contribution in [0.1, 0.15) is 11.1 Å². The van der Waals surface area contributed by atoms with Crippen LogP contribution in [-0.4, -0.2) is 18.3 Å². The molecule has 1 aliphatic heterocycles. The summed E-state index contributed by atoms with van der Waals surface area (Å²) < 4.78 is 5.11. The fourth-order valence-corrected chi connectivity index (χ4v) is 4.00. The first-order valence-corrected chi connectivity index (χ1v) is 8.23. The zero-order valence-electron chi connectivity index (χ0n) is 12.4. The summed E-state index contributed by atoms with van der Waals surface area (Å²) in [5.41, 5.74) is 3.14. The number of rotatable bonds is 3. The second kappa shape index (κ2) is 6.23. The highest BCUT2D eigenvalue weighted by molar-refractivity contribution is 8.01. The van der Waals surface area contributed by atoms with Crippen molar-refractivity contribution >= 4 is 35.0 Å². The molecule has 2 aromatic carbocycles. The molecule has 0 unspecified atom stereocenters. The number of ether oxygens (including phenoxy) is 1. The predicted octanol–water partition coefficient (Wildman–Crippen LogP) is 4.31. The van der Waals surface area contributed by atoms with Gasteiger partial charge < -0.3 is 10.1 Å². The van der Waals surface area contributed by atoms with E-state index in [1.807, 2.05) is 0 Å². The molecule has 0 saturated heterocycles. The number of anilines is 1. The van der Waals surface area contributed by atoms with Gasteiger partial charge in [0.2, 0.25) is 5.91 Å². The fraction of sp³-hybridized carbons (Fsp3) is 0.235. The molecule has 0 aliphatic carbocycles. The van der Waals surface area contributed by atoms with Crippen molar-refractivity contribution in [3.8, 4) is 5.75 Å². The summed E-state index contributed by atoms with van der Waals surface area (Å²) in [4.78, 5) is 13.6. The number of halogens is 1. The van der Waals surface area contributed by atoms with Gasteiger partial charge in [-0.25, -0.2) is 0 Å². The SMILES string of the molecule is COc1ccc(NC(=O)[C@H]2Cc3ccc(C)cc3S2)cc1Cl. The first kappa shape index (κ1) is 15.3. The average Bonchev–Trinajstić information content (AvgIpc) is 2.90. The molecule has 0 bridgehead atoms. The number of hydrogen-bond donors (Lipinski definition) is 1. The van der Waals surface area contributed by atoms with Crippen LogP contribution >= 0.6 is 23.4 Å². The van der Waals surface area contributed by atoms with Gasteiger partial charge in [0.15, 0.2) is 0 Å². The number of fused-ring (bicyclic) bond motifs is 1. The molecule has 0 aromatic heterocycles. The van der Waals surface area contributed by atoms with Crippen LogP contribution in [0.15, 0.2) is 41.3 Å². The van der Waals surface area contributed by atoms with E-state index in [0.29, 0.717) is 16.5 Å². The minimum absolute atomic E-state index is 0.0000802. The number of carbonyl (C=O) groups excluding carboxylic acids is 1. The van der Waals surface area contributed by atoms with Gasteiger partial charge in [0.25, 0.3) is 0 Å². The van der Waals surface area contributed by atoms with Gasteiger partial charge in [0.05, 0.1) is 17.4 Å². The second-order valence-corrected chi connectivity index (χ2v) is 6.91. The van der Waals surface area contributed by atoms with Gasteiger partial charge in [-0.3, -0.25) is 4.79 Å². The lowest BCUT2D eigenvalue weighted by atomic mass is 10.1. The smallest absolute Gasteiger partial charge is 0.238 e. The Balaban J connectivity index is 1.70. The van der Waals surface area contributed by atoms with Crippen molar-refractivity contribution in [2.45, 2.75) is 23.5 Å². The maximum absolute atomic E-state index is 12.4. The number of hydrogen-bond acceptors (Lipinski definition) is 3. The van der Waals surface area contributed by atoms with Gasteiger partial charge in [0.1, 0.15) is 5.75 Å². The van der Waals surface area contributed by atoms with Crippen molar-refractivity contribution < 1.29 is 9.53 Å². The first-order chi connectivity index (χ1) is 10.6. The first-order valence-electron chi connectivity index (χ1n) is 6.97. The maximum atomic E-state index is 12.4. The van der Waals surface area contributed by atoms with E-state index in [0.717, 1.165) is 6.42 Å². The molecule has 1 aliphatic rings. The standard InChI is InChI=1S/C17H16ClNO2S/c1-10-3-4-11-8-16(22-15(11)7-10)17(20)19-12-5-6-14(21-2)13(18)9-12/h3-7,9,16H,8H2,1-2H3,(H,19,20)/t16-/m1/s1. The van der Waals surface area contributed by atoms with Gasteiger partial charge in [-0.15, -0.1) is 11.8 Å². The molecule has 3 nitrogen and oxygen atoms in total. The number of carbonyl (C=O) groups is 1. The average molecular weight is 334 g/mol. The number of aryl methyl sites for hydroxylation is 1. The molecule has 0 radical (unpaired) electrons. The number of nitrogens with one attached hydrogen (secondary N) is 1. The summed E-state index contributed by atoms with van der Waals surface area (Å²) in [7, 11) is 1.56. The molecule has 1 N–H and O–H groups in total. The number of methoxy groups -OCH3 is 1. The van der Waals surface area contributed by atoms with Gasteiger partial charge in [-0.2, -0.15) is 0 Å². The molecule has 1 heterocycles. The maximum Gasteiger partial charge on any atom is 0.238 e. The summed E-state index contributed by atoms with van der Waals surface area (Å²) in [5, 5.41) is 3.31. The molecule has 22 heavy (non-hydrogen) atoms. The molecule has 1 amide bonds. The van der Waals surface area contributed by atoms with Gasteiger partial charge in [-0.05, 0) is 43.2 Å². The minimum atomic E-state index is -0.0994. The largest absolute Gasteiger partial charge is 0.495 e. The molecule has 5 heteroatoms. The quantitative estimate of drug-likeness (QED) is 0.909. The Morgan fingerprint density at radius 3 is 2.86 bits per heavy atom. The third kappa shape index (κ3) is 3.08. The molecule has 114 valence electrons. The Labute approximate surface area is 139 Å². The summed E-state index contributed by atoms with van der Waals surface area (Å²) >= 11 is 7.70. The van der Waals surface area contributed by atoms with Crippen molar-refractivity contribution in [1.29, 1.82) is 0 Å². The third-order valence-electron chi connectivity index (χ3n) is 3.61. The van der Waals surface area contributed by atoms with E-state index in [1.165, 1.54) is 16.0 Å².